The van der Waals surface area contributed by atoms with Gasteiger partial charge in [0, 0.05) is 28.4 Å². The van der Waals surface area contributed by atoms with E-state index < -0.39 is 0 Å². The Morgan fingerprint density at radius 3 is 2.87 bits per heavy atom. The number of rotatable bonds is 5. The van der Waals surface area contributed by atoms with Crippen LogP contribution in [0.5, 0.6) is 0 Å². The zero-order chi connectivity index (χ0) is 16.4. The van der Waals surface area contributed by atoms with Gasteiger partial charge in [-0.2, -0.15) is 4.98 Å². The highest BCUT2D eigenvalue weighted by Gasteiger charge is 2.16. The minimum atomic E-state index is 0.277. The van der Waals surface area contributed by atoms with Gasteiger partial charge in [0.15, 0.2) is 5.82 Å². The highest BCUT2D eigenvalue weighted by Crippen LogP contribution is 2.34. The molecule has 2 aromatic heterocycles. The highest BCUT2D eigenvalue weighted by atomic mass is 35.5. The Bertz CT molecular complexity index is 817. The molecule has 1 unspecified atom stereocenters. The molecule has 0 aliphatic rings. The summed E-state index contributed by atoms with van der Waals surface area (Å²) in [4.78, 5) is 8.92. The van der Waals surface area contributed by atoms with Gasteiger partial charge < -0.3 is 9.84 Å². The molecule has 8 heteroatoms. The first-order valence-electron chi connectivity index (χ1n) is 6.98. The maximum absolute atomic E-state index is 6.22. The fraction of sp³-hybridized carbons (Fsp3) is 0.267. The van der Waals surface area contributed by atoms with Gasteiger partial charge in [-0.05, 0) is 32.2 Å². The van der Waals surface area contributed by atoms with Crippen LogP contribution < -0.4 is 5.32 Å². The number of hydrogen-bond acceptors (Lipinski definition) is 6. The van der Waals surface area contributed by atoms with Gasteiger partial charge >= 0.3 is 0 Å². The van der Waals surface area contributed by atoms with E-state index in [1.807, 2.05) is 18.5 Å². The van der Waals surface area contributed by atoms with Crippen molar-refractivity contribution >= 4 is 34.5 Å². The van der Waals surface area contributed by atoms with Crippen molar-refractivity contribution in [3.63, 3.8) is 0 Å². The molecule has 0 saturated heterocycles. The lowest BCUT2D eigenvalue weighted by Gasteiger charge is -2.04. The molecule has 1 N–H and O–H groups in total. The minimum Gasteiger partial charge on any atom is -0.332 e. The van der Waals surface area contributed by atoms with E-state index in [0.29, 0.717) is 33.9 Å². The summed E-state index contributed by atoms with van der Waals surface area (Å²) in [5.74, 6) is 1.07. The summed E-state index contributed by atoms with van der Waals surface area (Å²) < 4.78 is 5.30. The summed E-state index contributed by atoms with van der Waals surface area (Å²) >= 11 is 13.6. The van der Waals surface area contributed by atoms with Gasteiger partial charge in [-0.1, -0.05) is 28.4 Å². The first-order valence-corrected chi connectivity index (χ1v) is 8.61. The minimum absolute atomic E-state index is 0.277. The Morgan fingerprint density at radius 2 is 2.13 bits per heavy atom. The molecule has 0 aliphatic carbocycles. The molecule has 3 rings (SSSR count). The fourth-order valence-corrected chi connectivity index (χ4v) is 3.36. The largest absolute Gasteiger partial charge is 0.332 e. The van der Waals surface area contributed by atoms with Crippen LogP contribution in [-0.2, 0) is 6.42 Å². The second-order valence-electron chi connectivity index (χ2n) is 5.07. The van der Waals surface area contributed by atoms with Crippen molar-refractivity contribution in [2.45, 2.75) is 19.4 Å². The van der Waals surface area contributed by atoms with E-state index in [0.717, 1.165) is 10.6 Å². The van der Waals surface area contributed by atoms with Gasteiger partial charge in [-0.15, -0.1) is 11.3 Å². The van der Waals surface area contributed by atoms with Gasteiger partial charge in [0.05, 0.1) is 5.02 Å². The van der Waals surface area contributed by atoms with Crippen molar-refractivity contribution in [2.75, 3.05) is 7.05 Å². The van der Waals surface area contributed by atoms with Gasteiger partial charge in [0.25, 0.3) is 5.89 Å². The molecule has 2 heterocycles. The van der Waals surface area contributed by atoms with Crippen molar-refractivity contribution in [1.29, 1.82) is 0 Å². The smallest absolute Gasteiger partial charge is 0.277 e. The third-order valence-corrected chi connectivity index (χ3v) is 4.76. The number of nitrogens with zero attached hydrogens (tertiary/aromatic N) is 3. The van der Waals surface area contributed by atoms with Crippen LogP contribution in [0.3, 0.4) is 0 Å². The summed E-state index contributed by atoms with van der Waals surface area (Å²) in [5, 5.41) is 10.9. The highest BCUT2D eigenvalue weighted by molar-refractivity contribution is 7.13. The first kappa shape index (κ1) is 16.4. The summed E-state index contributed by atoms with van der Waals surface area (Å²) in [6, 6.07) is 5.61. The number of hydrogen-bond donors (Lipinski definition) is 1. The van der Waals surface area contributed by atoms with Crippen molar-refractivity contribution in [3.05, 3.63) is 39.4 Å². The Hall–Kier alpha value is -1.47. The molecule has 3 aromatic rings. The molecule has 0 spiro atoms. The lowest BCUT2D eigenvalue weighted by atomic mass is 10.2. The van der Waals surface area contributed by atoms with Gasteiger partial charge in [-0.25, -0.2) is 4.98 Å². The Balaban J connectivity index is 1.84. The van der Waals surface area contributed by atoms with Crippen LogP contribution in [0.1, 0.15) is 12.7 Å². The van der Waals surface area contributed by atoms with E-state index in [1.165, 1.54) is 11.3 Å². The topological polar surface area (TPSA) is 63.8 Å². The maximum atomic E-state index is 6.22. The van der Waals surface area contributed by atoms with E-state index in [2.05, 4.69) is 27.4 Å². The molecule has 120 valence electrons. The molecule has 1 atom stereocenters. The van der Waals surface area contributed by atoms with Crippen LogP contribution >= 0.6 is 34.5 Å². The molecular formula is C15H14Cl2N4OS. The van der Waals surface area contributed by atoms with Gasteiger partial charge in [0.2, 0.25) is 0 Å². The van der Waals surface area contributed by atoms with Crippen LogP contribution in [-0.4, -0.2) is 28.2 Å². The summed E-state index contributed by atoms with van der Waals surface area (Å²) in [6.45, 7) is 2.06. The van der Waals surface area contributed by atoms with E-state index in [1.54, 1.807) is 12.1 Å². The first-order chi connectivity index (χ1) is 11.1. The third kappa shape index (κ3) is 3.72. The predicted octanol–water partition coefficient (Wildman–Crippen LogP) is 4.32. The van der Waals surface area contributed by atoms with E-state index in [9.17, 15) is 0 Å². The lowest BCUT2D eigenvalue weighted by Crippen LogP contribution is -2.24. The second-order valence-corrected chi connectivity index (χ2v) is 6.77. The molecule has 1 aromatic carbocycles. The number of benzene rings is 1. The van der Waals surface area contributed by atoms with Gasteiger partial charge in [-0.3, -0.25) is 0 Å². The maximum Gasteiger partial charge on any atom is 0.277 e. The number of aromatic nitrogens is 3. The Labute approximate surface area is 147 Å². The van der Waals surface area contributed by atoms with E-state index in [4.69, 9.17) is 27.7 Å². The van der Waals surface area contributed by atoms with Crippen LogP contribution in [0.4, 0.5) is 0 Å². The molecule has 23 heavy (non-hydrogen) atoms. The average Bonchev–Trinajstić information content (AvgIpc) is 3.16. The monoisotopic (exact) mass is 368 g/mol. The number of halogens is 2. The van der Waals surface area contributed by atoms with E-state index in [-0.39, 0.29) is 6.04 Å². The van der Waals surface area contributed by atoms with Crippen molar-refractivity contribution in [1.82, 2.24) is 20.4 Å². The van der Waals surface area contributed by atoms with Crippen LogP contribution in [0.25, 0.3) is 22.2 Å². The lowest BCUT2D eigenvalue weighted by molar-refractivity contribution is 0.417. The number of nitrogens with one attached hydrogen (secondary N) is 1. The van der Waals surface area contributed by atoms with Crippen LogP contribution in [0.15, 0.2) is 28.1 Å². The fourth-order valence-electron chi connectivity index (χ4n) is 1.98. The molecule has 0 aliphatic heterocycles. The third-order valence-electron chi connectivity index (χ3n) is 3.33. The molecule has 0 radical (unpaired) electrons. The van der Waals surface area contributed by atoms with Crippen molar-refractivity contribution < 1.29 is 4.52 Å². The molecule has 5 nitrogen and oxygen atoms in total. The summed E-state index contributed by atoms with van der Waals surface area (Å²) in [7, 11) is 1.90. The molecule has 0 fully saturated rings. The molecule has 0 bridgehead atoms. The zero-order valence-electron chi connectivity index (χ0n) is 12.5. The standard InChI is InChI=1S/C15H14Cl2N4OS/c1-8(18-2)5-13-20-14(22-21-13)12-7-23-15(19-12)10-4-3-9(16)6-11(10)17/h3-4,6-8,18H,5H2,1-2H3. The number of likely N-dealkylation sites (N-methyl/N-ethyl adjacent to an activating group) is 1. The van der Waals surface area contributed by atoms with Crippen LogP contribution in [0.2, 0.25) is 10.0 Å². The van der Waals surface area contributed by atoms with Crippen molar-refractivity contribution in [3.8, 4) is 22.2 Å². The molecule has 0 saturated carbocycles. The van der Waals surface area contributed by atoms with E-state index >= 15 is 0 Å². The quantitative estimate of drug-likeness (QED) is 0.726. The Kier molecular flexibility index (Phi) is 4.96. The summed E-state index contributed by atoms with van der Waals surface area (Å²) in [6.07, 6.45) is 0.694. The average molecular weight is 369 g/mol. The Morgan fingerprint density at radius 1 is 1.30 bits per heavy atom. The van der Waals surface area contributed by atoms with Gasteiger partial charge in [0.1, 0.15) is 10.7 Å². The predicted molar refractivity (Wildman–Crippen MR) is 93.1 cm³/mol. The van der Waals surface area contributed by atoms with Crippen LogP contribution in [0, 0.1) is 0 Å². The normalized spacial score (nSPS) is 12.5. The summed E-state index contributed by atoms with van der Waals surface area (Å²) in [5.41, 5.74) is 1.47. The molecule has 0 amide bonds. The SMILES string of the molecule is CNC(C)Cc1noc(-c2csc(-c3ccc(Cl)cc3Cl)n2)n1. The molecular weight excluding hydrogens is 355 g/mol. The zero-order valence-corrected chi connectivity index (χ0v) is 14.8. The van der Waals surface area contributed by atoms with Crippen molar-refractivity contribution in [2.24, 2.45) is 0 Å². The number of thiazole rings is 1. The second kappa shape index (κ2) is 6.97.